The monoisotopic (exact) mass is 448 g/mol. The maximum Gasteiger partial charge on any atom is 0.141 e. The van der Waals surface area contributed by atoms with Gasteiger partial charge in [0, 0.05) is 25.0 Å². The van der Waals surface area contributed by atoms with Crippen molar-refractivity contribution in [1.82, 2.24) is 15.0 Å². The molecule has 0 spiro atoms. The molecule has 32 heavy (non-hydrogen) atoms. The van der Waals surface area contributed by atoms with E-state index in [4.69, 9.17) is 10.5 Å². The van der Waals surface area contributed by atoms with Crippen LogP contribution in [0.15, 0.2) is 35.2 Å². The first-order chi connectivity index (χ1) is 15.7. The molecule has 0 aliphatic heterocycles. The smallest absolute Gasteiger partial charge is 0.141 e. The van der Waals surface area contributed by atoms with Crippen molar-refractivity contribution >= 4 is 52.0 Å². The fraction of sp³-hybridized carbons (Fsp3) is 0.304. The molecule has 3 unspecified atom stereocenters. The lowest BCUT2D eigenvalue weighted by Crippen LogP contribution is -2.41. The third-order valence-electron chi connectivity index (χ3n) is 5.80. The second-order valence-corrected chi connectivity index (χ2v) is 8.75. The number of aliphatic hydroxyl groups is 1. The zero-order valence-electron chi connectivity index (χ0n) is 17.6. The summed E-state index contributed by atoms with van der Waals surface area (Å²) in [6, 6.07) is 3.94. The van der Waals surface area contributed by atoms with E-state index < -0.39 is 6.10 Å². The molecule has 9 heteroatoms. The van der Waals surface area contributed by atoms with E-state index in [1.54, 1.807) is 30.9 Å². The van der Waals surface area contributed by atoms with Gasteiger partial charge in [0.05, 0.1) is 38.4 Å². The second-order valence-electron chi connectivity index (χ2n) is 7.86. The van der Waals surface area contributed by atoms with Crippen molar-refractivity contribution in [2.24, 2.45) is 10.7 Å². The number of hydrogen-bond acceptors (Lipinski definition) is 9. The Morgan fingerprint density at radius 2 is 2.22 bits per heavy atom. The molecule has 5 rings (SSSR count). The Bertz CT molecular complexity index is 1330. The number of nitrogens with one attached hydrogen (secondary N) is 1. The number of aliphatic imine (C=N–C) groups is 1. The lowest BCUT2D eigenvalue weighted by molar-refractivity contribution is -0.0354. The molecule has 2 aliphatic rings. The van der Waals surface area contributed by atoms with Crippen LogP contribution in [0, 0.1) is 0 Å². The number of fused-ring (bicyclic) bond motifs is 2. The van der Waals surface area contributed by atoms with Crippen LogP contribution in [0.5, 0.6) is 5.75 Å². The Hall–Kier alpha value is -3.30. The number of aromatic nitrogens is 3. The van der Waals surface area contributed by atoms with Gasteiger partial charge >= 0.3 is 0 Å². The number of hydrogen-bond donors (Lipinski definition) is 3. The number of allylic oxidation sites excluding steroid dienone is 1. The Labute approximate surface area is 188 Å². The minimum Gasteiger partial charge on any atom is -0.487 e. The van der Waals surface area contributed by atoms with E-state index in [2.05, 4.69) is 37.4 Å². The molecule has 2 aliphatic carbocycles. The van der Waals surface area contributed by atoms with Crippen LogP contribution in [0.3, 0.4) is 0 Å². The number of anilines is 1. The third-order valence-corrected chi connectivity index (χ3v) is 6.61. The van der Waals surface area contributed by atoms with Gasteiger partial charge in [0.25, 0.3) is 0 Å². The first-order valence-corrected chi connectivity index (χ1v) is 11.4. The van der Waals surface area contributed by atoms with Gasteiger partial charge in [-0.25, -0.2) is 15.0 Å². The number of benzene rings is 1. The predicted octanol–water partition coefficient (Wildman–Crippen LogP) is 1.43. The van der Waals surface area contributed by atoms with E-state index in [0.29, 0.717) is 11.6 Å². The Balaban J connectivity index is 1.59. The summed E-state index contributed by atoms with van der Waals surface area (Å²) in [5, 5.41) is 15.5. The number of rotatable bonds is 6. The van der Waals surface area contributed by atoms with Gasteiger partial charge < -0.3 is 20.9 Å². The predicted molar refractivity (Wildman–Crippen MR) is 128 cm³/mol. The molecule has 3 atom stereocenters. The van der Waals surface area contributed by atoms with Crippen molar-refractivity contribution in [3.05, 3.63) is 45.6 Å². The van der Waals surface area contributed by atoms with Gasteiger partial charge in [-0.15, -0.1) is 11.3 Å². The van der Waals surface area contributed by atoms with E-state index in [0.717, 1.165) is 51.2 Å². The van der Waals surface area contributed by atoms with E-state index >= 15 is 0 Å². The van der Waals surface area contributed by atoms with E-state index in [9.17, 15) is 5.11 Å². The molecule has 164 valence electrons. The number of thiazole rings is 1. The van der Waals surface area contributed by atoms with Gasteiger partial charge in [-0.1, -0.05) is 6.08 Å². The average Bonchev–Trinajstić information content (AvgIpc) is 3.27. The molecule has 1 saturated carbocycles. The first-order valence-electron chi connectivity index (χ1n) is 10.5. The summed E-state index contributed by atoms with van der Waals surface area (Å²) in [7, 11) is 1.70. The van der Waals surface area contributed by atoms with Crippen molar-refractivity contribution in [2.45, 2.75) is 37.5 Å². The van der Waals surface area contributed by atoms with Gasteiger partial charge in [0.15, 0.2) is 0 Å². The number of ether oxygens (including phenoxy) is 1. The number of aliphatic hydroxyl groups excluding tert-OH is 1. The Morgan fingerprint density at radius 3 is 2.97 bits per heavy atom. The fourth-order valence-electron chi connectivity index (χ4n) is 3.94. The van der Waals surface area contributed by atoms with Gasteiger partial charge in [0.2, 0.25) is 0 Å². The Morgan fingerprint density at radius 1 is 1.31 bits per heavy atom. The minimum absolute atomic E-state index is 0.0783. The standard InChI is InChI=1S/C23H24N6O2S/c1-25-10-14(9-24)13-6-17-22(20(7-13)31-19-5-4-18(19)30)23(27-11-26-17)29-15-2-3-16-21(8-15)32-12-28-16/h3,6-12,15,18-19,30H,2,4-5,24H2,1H3,(H,26,27,29)/b14-9+,25-10?. The highest BCUT2D eigenvalue weighted by Crippen LogP contribution is 2.36. The number of nitrogens with two attached hydrogens (primary N) is 1. The van der Waals surface area contributed by atoms with Gasteiger partial charge in [-0.2, -0.15) is 0 Å². The molecule has 0 amide bonds. The quantitative estimate of drug-likeness (QED) is 0.488. The van der Waals surface area contributed by atoms with Crippen LogP contribution in [0.1, 0.15) is 24.8 Å². The number of nitrogens with zero attached hydrogens (tertiary/aromatic N) is 4. The second kappa shape index (κ2) is 8.68. The van der Waals surface area contributed by atoms with E-state index in [-0.39, 0.29) is 12.1 Å². The Kier molecular flexibility index (Phi) is 5.59. The van der Waals surface area contributed by atoms with Crippen LogP contribution in [0.2, 0.25) is 0 Å². The molecule has 8 nitrogen and oxygen atoms in total. The minimum atomic E-state index is -0.470. The van der Waals surface area contributed by atoms with Gasteiger partial charge in [-0.05, 0) is 43.0 Å². The molecule has 2 heterocycles. The third kappa shape index (κ3) is 3.85. The largest absolute Gasteiger partial charge is 0.487 e. The summed E-state index contributed by atoms with van der Waals surface area (Å²) < 4.78 is 7.41. The normalized spacial score (nSPS) is 22.7. The maximum atomic E-state index is 10.1. The zero-order chi connectivity index (χ0) is 22.1. The molecule has 0 saturated heterocycles. The summed E-state index contributed by atoms with van der Waals surface area (Å²) in [4.78, 5) is 17.5. The summed E-state index contributed by atoms with van der Waals surface area (Å²) in [6.45, 7) is 0. The van der Waals surface area contributed by atoms with Crippen LogP contribution >= 0.6 is 11.3 Å². The topological polar surface area (TPSA) is 119 Å². The van der Waals surface area contributed by atoms with Crippen LogP contribution in [-0.2, 0) is 0 Å². The summed E-state index contributed by atoms with van der Waals surface area (Å²) >= 11 is 1.62. The van der Waals surface area contributed by atoms with Crippen molar-refractivity contribution in [3.63, 3.8) is 0 Å². The fourth-order valence-corrected chi connectivity index (χ4v) is 4.72. The van der Waals surface area contributed by atoms with Crippen molar-refractivity contribution in [2.75, 3.05) is 12.4 Å². The lowest BCUT2D eigenvalue weighted by atomic mass is 9.92. The summed E-state index contributed by atoms with van der Waals surface area (Å²) in [5.74, 6) is 1.31. The molecule has 1 aromatic carbocycles. The highest BCUT2D eigenvalue weighted by molar-refractivity contribution is 7.07. The summed E-state index contributed by atoms with van der Waals surface area (Å²) in [6.07, 6.45) is 10.7. The molecule has 2 aromatic heterocycles. The lowest BCUT2D eigenvalue weighted by Gasteiger charge is -2.33. The highest BCUT2D eigenvalue weighted by Gasteiger charge is 2.32. The van der Waals surface area contributed by atoms with Crippen LogP contribution in [0.25, 0.3) is 28.6 Å². The first kappa shape index (κ1) is 20.6. The maximum absolute atomic E-state index is 10.1. The zero-order valence-corrected chi connectivity index (χ0v) is 18.4. The molecular formula is C23H24N6O2S. The molecule has 4 N–H and O–H groups in total. The molecule has 1 fully saturated rings. The van der Waals surface area contributed by atoms with Crippen LogP contribution in [-0.4, -0.2) is 51.6 Å². The molecule has 3 aromatic rings. The molecular weight excluding hydrogens is 424 g/mol. The summed E-state index contributed by atoms with van der Waals surface area (Å²) in [5.41, 5.74) is 10.0. The van der Waals surface area contributed by atoms with E-state index in [1.165, 1.54) is 6.20 Å². The van der Waals surface area contributed by atoms with Crippen molar-refractivity contribution in [3.8, 4) is 5.75 Å². The molecule has 0 bridgehead atoms. The van der Waals surface area contributed by atoms with Gasteiger partial charge in [-0.3, -0.25) is 4.99 Å². The van der Waals surface area contributed by atoms with Gasteiger partial charge in [0.1, 0.15) is 24.0 Å². The van der Waals surface area contributed by atoms with E-state index in [1.807, 2.05) is 17.6 Å². The van der Waals surface area contributed by atoms with Crippen molar-refractivity contribution in [1.29, 1.82) is 0 Å². The highest BCUT2D eigenvalue weighted by atomic mass is 32.1. The SMILES string of the molecule is CN=C/C(=C\N)c1cc(OC2CCC2O)c2c(NC3C=c4scnc4=CC3)ncnc2c1. The van der Waals surface area contributed by atoms with Crippen molar-refractivity contribution < 1.29 is 9.84 Å². The average molecular weight is 449 g/mol. The molecule has 0 radical (unpaired) electrons. The van der Waals surface area contributed by atoms with Crippen LogP contribution in [0.4, 0.5) is 5.82 Å². The van der Waals surface area contributed by atoms with Crippen LogP contribution < -0.4 is 25.7 Å².